The highest BCUT2D eigenvalue weighted by atomic mass is 79.9. The Balaban J connectivity index is 2.18. The summed E-state index contributed by atoms with van der Waals surface area (Å²) in [5.74, 6) is 0.421. The maximum Gasteiger partial charge on any atom is 0.253 e. The number of halogens is 2. The Hall–Kier alpha value is -2.08. The van der Waals surface area contributed by atoms with Crippen molar-refractivity contribution < 1.29 is 18.7 Å². The summed E-state index contributed by atoms with van der Waals surface area (Å²) in [5, 5.41) is 2.86. The van der Waals surface area contributed by atoms with Gasteiger partial charge in [-0.2, -0.15) is 0 Å². The van der Waals surface area contributed by atoms with E-state index in [1.165, 1.54) is 18.2 Å². The number of rotatable bonds is 6. The van der Waals surface area contributed by atoms with Gasteiger partial charge in [-0.05, 0) is 72.6 Å². The van der Waals surface area contributed by atoms with Gasteiger partial charge in [0.25, 0.3) is 5.91 Å². The monoisotopic (exact) mass is 409 g/mol. The average molecular weight is 410 g/mol. The minimum absolute atomic E-state index is 0.0298. The molecule has 1 atom stereocenters. The number of amides is 1. The number of carbonyl (C=O) groups is 1. The van der Waals surface area contributed by atoms with Gasteiger partial charge < -0.3 is 14.8 Å². The molecular formula is C19H21BrFNO3. The van der Waals surface area contributed by atoms with E-state index in [4.69, 9.17) is 9.47 Å². The molecule has 0 aliphatic carbocycles. The number of hydrogen-bond acceptors (Lipinski definition) is 3. The second-order valence-electron chi connectivity index (χ2n) is 5.90. The van der Waals surface area contributed by atoms with Crippen LogP contribution in [0.5, 0.6) is 11.5 Å². The zero-order valence-corrected chi connectivity index (χ0v) is 16.2. The van der Waals surface area contributed by atoms with Crippen molar-refractivity contribution in [2.75, 3.05) is 7.11 Å². The Morgan fingerprint density at radius 1 is 1.12 bits per heavy atom. The highest BCUT2D eigenvalue weighted by Crippen LogP contribution is 2.31. The second-order valence-corrected chi connectivity index (χ2v) is 6.75. The second kappa shape index (κ2) is 8.34. The molecule has 0 fully saturated rings. The highest BCUT2D eigenvalue weighted by Gasteiger charge is 2.17. The molecule has 0 radical (unpaired) electrons. The van der Waals surface area contributed by atoms with Gasteiger partial charge in [-0.25, -0.2) is 4.39 Å². The molecule has 2 rings (SSSR count). The molecule has 4 nitrogen and oxygen atoms in total. The molecular weight excluding hydrogens is 389 g/mol. The topological polar surface area (TPSA) is 47.6 Å². The lowest BCUT2D eigenvalue weighted by Crippen LogP contribution is -2.27. The zero-order valence-electron chi connectivity index (χ0n) is 14.6. The Morgan fingerprint density at radius 3 is 2.48 bits per heavy atom. The predicted octanol–water partition coefficient (Wildman–Crippen LogP) is 4.88. The van der Waals surface area contributed by atoms with Crippen LogP contribution in [0, 0.1) is 5.82 Å². The van der Waals surface area contributed by atoms with Gasteiger partial charge in [-0.3, -0.25) is 4.79 Å². The van der Waals surface area contributed by atoms with Crippen LogP contribution in [0.3, 0.4) is 0 Å². The number of ether oxygens (including phenoxy) is 2. The molecule has 1 unspecified atom stereocenters. The molecule has 0 aromatic heterocycles. The summed E-state index contributed by atoms with van der Waals surface area (Å²) in [6, 6.07) is 9.22. The van der Waals surface area contributed by atoms with Crippen LogP contribution in [0.1, 0.15) is 42.7 Å². The standard InChI is InChI=1S/C19H21BrFNO3/c1-11(2)25-17-8-5-13(9-18(17)24-4)12(3)22-19(23)15-10-14(21)6-7-16(15)20/h5-12H,1-4H3,(H,22,23). The normalized spacial score (nSPS) is 12.0. The van der Waals surface area contributed by atoms with E-state index in [9.17, 15) is 9.18 Å². The molecule has 2 aromatic carbocycles. The van der Waals surface area contributed by atoms with Gasteiger partial charge >= 0.3 is 0 Å². The van der Waals surface area contributed by atoms with Crippen molar-refractivity contribution in [3.8, 4) is 11.5 Å². The third kappa shape index (κ3) is 4.95. The van der Waals surface area contributed by atoms with Crippen LogP contribution in [-0.4, -0.2) is 19.1 Å². The molecule has 0 aliphatic heterocycles. The summed E-state index contributed by atoms with van der Waals surface area (Å²) < 4.78 is 25.0. The molecule has 25 heavy (non-hydrogen) atoms. The van der Waals surface area contributed by atoms with Crippen LogP contribution < -0.4 is 14.8 Å². The van der Waals surface area contributed by atoms with Gasteiger partial charge in [0.2, 0.25) is 0 Å². The lowest BCUT2D eigenvalue weighted by Gasteiger charge is -2.18. The van der Waals surface area contributed by atoms with E-state index in [1.54, 1.807) is 7.11 Å². The first kappa shape index (κ1) is 19.2. The number of hydrogen-bond donors (Lipinski definition) is 1. The first-order valence-corrected chi connectivity index (χ1v) is 8.71. The first-order chi connectivity index (χ1) is 11.8. The fourth-order valence-electron chi connectivity index (χ4n) is 2.33. The van der Waals surface area contributed by atoms with Crippen LogP contribution in [0.4, 0.5) is 4.39 Å². The largest absolute Gasteiger partial charge is 0.493 e. The van der Waals surface area contributed by atoms with E-state index in [-0.39, 0.29) is 23.6 Å². The van der Waals surface area contributed by atoms with Gasteiger partial charge in [0.15, 0.2) is 11.5 Å². The molecule has 0 aliphatic rings. The highest BCUT2D eigenvalue weighted by molar-refractivity contribution is 9.10. The maximum absolute atomic E-state index is 13.4. The number of carbonyl (C=O) groups excluding carboxylic acids is 1. The van der Waals surface area contributed by atoms with E-state index in [0.29, 0.717) is 16.0 Å². The molecule has 1 amide bonds. The van der Waals surface area contributed by atoms with Crippen LogP contribution in [0.25, 0.3) is 0 Å². The molecule has 1 N–H and O–H groups in total. The maximum atomic E-state index is 13.4. The predicted molar refractivity (Wildman–Crippen MR) is 98.7 cm³/mol. The average Bonchev–Trinajstić information content (AvgIpc) is 2.56. The van der Waals surface area contributed by atoms with E-state index in [1.807, 2.05) is 39.0 Å². The molecule has 0 bridgehead atoms. The van der Waals surface area contributed by atoms with Gasteiger partial charge in [0, 0.05) is 4.47 Å². The van der Waals surface area contributed by atoms with Crippen molar-refractivity contribution in [1.29, 1.82) is 0 Å². The number of benzene rings is 2. The third-order valence-corrected chi connectivity index (χ3v) is 4.26. The van der Waals surface area contributed by atoms with Crippen LogP contribution in [-0.2, 0) is 0 Å². The van der Waals surface area contributed by atoms with Gasteiger partial charge in [0.05, 0.1) is 24.8 Å². The minimum atomic E-state index is -0.460. The van der Waals surface area contributed by atoms with Crippen molar-refractivity contribution in [2.45, 2.75) is 32.9 Å². The summed E-state index contributed by atoms with van der Waals surface area (Å²) >= 11 is 3.27. The SMILES string of the molecule is COc1cc(C(C)NC(=O)c2cc(F)ccc2Br)ccc1OC(C)C. The van der Waals surface area contributed by atoms with Gasteiger partial charge in [-0.1, -0.05) is 6.07 Å². The summed E-state index contributed by atoms with van der Waals surface area (Å²) in [6.07, 6.45) is 0.0298. The first-order valence-electron chi connectivity index (χ1n) is 7.92. The Morgan fingerprint density at radius 2 is 1.84 bits per heavy atom. The Bertz CT molecular complexity index is 764. The third-order valence-electron chi connectivity index (χ3n) is 3.57. The summed E-state index contributed by atoms with van der Waals surface area (Å²) in [5.41, 5.74) is 1.10. The van der Waals surface area contributed by atoms with Gasteiger partial charge in [-0.15, -0.1) is 0 Å². The van der Waals surface area contributed by atoms with Gasteiger partial charge in [0.1, 0.15) is 5.82 Å². The fraction of sp³-hybridized carbons (Fsp3) is 0.316. The quantitative estimate of drug-likeness (QED) is 0.739. The smallest absolute Gasteiger partial charge is 0.253 e. The zero-order chi connectivity index (χ0) is 18.6. The molecule has 6 heteroatoms. The molecule has 0 saturated heterocycles. The molecule has 2 aromatic rings. The lowest BCUT2D eigenvalue weighted by molar-refractivity contribution is 0.0938. The lowest BCUT2D eigenvalue weighted by atomic mass is 10.1. The Labute approximate surface area is 155 Å². The summed E-state index contributed by atoms with van der Waals surface area (Å²) in [4.78, 5) is 12.4. The van der Waals surface area contributed by atoms with Crippen LogP contribution >= 0.6 is 15.9 Å². The van der Waals surface area contributed by atoms with Crippen LogP contribution in [0.15, 0.2) is 40.9 Å². The summed E-state index contributed by atoms with van der Waals surface area (Å²) in [7, 11) is 1.57. The Kier molecular flexibility index (Phi) is 6.42. The van der Waals surface area contributed by atoms with Crippen molar-refractivity contribution in [2.24, 2.45) is 0 Å². The number of nitrogens with one attached hydrogen (secondary N) is 1. The molecule has 0 saturated carbocycles. The molecule has 134 valence electrons. The number of methoxy groups -OCH3 is 1. The van der Waals surface area contributed by atoms with Crippen molar-refractivity contribution in [3.05, 3.63) is 57.8 Å². The summed E-state index contributed by atoms with van der Waals surface area (Å²) in [6.45, 7) is 5.73. The van der Waals surface area contributed by atoms with E-state index >= 15 is 0 Å². The van der Waals surface area contributed by atoms with Crippen LogP contribution in [0.2, 0.25) is 0 Å². The van der Waals surface area contributed by atoms with Crippen molar-refractivity contribution in [3.63, 3.8) is 0 Å². The van der Waals surface area contributed by atoms with Crippen molar-refractivity contribution >= 4 is 21.8 Å². The van der Waals surface area contributed by atoms with Crippen molar-refractivity contribution in [1.82, 2.24) is 5.32 Å². The minimum Gasteiger partial charge on any atom is -0.493 e. The fourth-order valence-corrected chi connectivity index (χ4v) is 2.76. The molecule has 0 spiro atoms. The van der Waals surface area contributed by atoms with E-state index in [2.05, 4.69) is 21.2 Å². The van der Waals surface area contributed by atoms with E-state index < -0.39 is 5.82 Å². The molecule has 0 heterocycles. The van der Waals surface area contributed by atoms with E-state index in [0.717, 1.165) is 5.56 Å².